The highest BCUT2D eigenvalue weighted by Gasteiger charge is 2.45. The first-order chi connectivity index (χ1) is 12.5. The zero-order valence-electron chi connectivity index (χ0n) is 14.5. The van der Waals surface area contributed by atoms with Crippen LogP contribution in [-0.2, 0) is 4.74 Å². The van der Waals surface area contributed by atoms with Crippen molar-refractivity contribution >= 4 is 6.08 Å². The van der Waals surface area contributed by atoms with E-state index in [4.69, 9.17) is 24.1 Å². The number of benzene rings is 1. The number of aliphatic hydroxyl groups is 5. The first-order valence-electron chi connectivity index (χ1n) is 7.97. The van der Waals surface area contributed by atoms with E-state index in [-0.39, 0.29) is 23.9 Å². The largest absolute Gasteiger partial charge is 0.493 e. The first kappa shape index (κ1) is 20.4. The molecule has 0 amide bonds. The molecule has 0 unspecified atom stereocenters. The van der Waals surface area contributed by atoms with Gasteiger partial charge in [-0.3, -0.25) is 0 Å². The lowest BCUT2D eigenvalue weighted by Gasteiger charge is -2.39. The standard InChI is InChI=1S/C17H24O9/c1-23-10-6-9(4-3-5-18)7-11(24-2)16(10)26-17-15(22)14(21)13(20)12(8-19)25-17/h3-4,6-7,12-15,17-22H,5,8H2,1-2H3/t12-,13-,14+,15-,17-/m1/s1. The van der Waals surface area contributed by atoms with Crippen molar-refractivity contribution in [1.29, 1.82) is 0 Å². The molecule has 146 valence electrons. The summed E-state index contributed by atoms with van der Waals surface area (Å²) in [6.07, 6.45) is -3.88. The fourth-order valence-electron chi connectivity index (χ4n) is 2.58. The molecule has 2 rings (SSSR count). The monoisotopic (exact) mass is 372 g/mol. The number of hydrogen-bond acceptors (Lipinski definition) is 9. The molecule has 9 nitrogen and oxygen atoms in total. The molecule has 26 heavy (non-hydrogen) atoms. The highest BCUT2D eigenvalue weighted by molar-refractivity contribution is 5.62. The van der Waals surface area contributed by atoms with Gasteiger partial charge in [0.1, 0.15) is 24.4 Å². The summed E-state index contributed by atoms with van der Waals surface area (Å²) in [6, 6.07) is 3.24. The second-order valence-electron chi connectivity index (χ2n) is 5.65. The van der Waals surface area contributed by atoms with E-state index in [0.29, 0.717) is 5.56 Å². The average Bonchev–Trinajstić information content (AvgIpc) is 2.66. The SMILES string of the molecule is COc1cc(C=CCO)cc(OC)c1O[C@H]1O[C@H](CO)[C@@H](O)[C@H](O)[C@H]1O. The van der Waals surface area contributed by atoms with Crippen LogP contribution in [0.25, 0.3) is 6.08 Å². The number of aliphatic hydroxyl groups excluding tert-OH is 5. The van der Waals surface area contributed by atoms with Crippen molar-refractivity contribution in [1.82, 2.24) is 0 Å². The van der Waals surface area contributed by atoms with Gasteiger partial charge in [-0.05, 0) is 17.7 Å². The zero-order valence-corrected chi connectivity index (χ0v) is 14.5. The average molecular weight is 372 g/mol. The predicted molar refractivity (Wildman–Crippen MR) is 90.1 cm³/mol. The number of ether oxygens (including phenoxy) is 4. The molecule has 0 aliphatic carbocycles. The Bertz CT molecular complexity index is 591. The summed E-state index contributed by atoms with van der Waals surface area (Å²) in [6.45, 7) is -0.697. The molecule has 0 saturated carbocycles. The maximum atomic E-state index is 10.1. The minimum Gasteiger partial charge on any atom is -0.493 e. The number of rotatable bonds is 7. The summed E-state index contributed by atoms with van der Waals surface area (Å²) in [4.78, 5) is 0. The van der Waals surface area contributed by atoms with Crippen LogP contribution in [-0.4, -0.2) is 83.7 Å². The lowest BCUT2D eigenvalue weighted by Crippen LogP contribution is -2.60. The maximum Gasteiger partial charge on any atom is 0.229 e. The van der Waals surface area contributed by atoms with Gasteiger partial charge in [0.25, 0.3) is 0 Å². The van der Waals surface area contributed by atoms with Crippen LogP contribution in [0.3, 0.4) is 0 Å². The molecule has 1 saturated heterocycles. The maximum absolute atomic E-state index is 10.1. The van der Waals surface area contributed by atoms with Crippen LogP contribution in [0.4, 0.5) is 0 Å². The molecule has 1 aromatic carbocycles. The fourth-order valence-corrected chi connectivity index (χ4v) is 2.58. The second-order valence-corrected chi connectivity index (χ2v) is 5.65. The normalized spacial score (nSPS) is 29.0. The van der Waals surface area contributed by atoms with Crippen molar-refractivity contribution in [3.63, 3.8) is 0 Å². The Kier molecular flexibility index (Phi) is 7.21. The molecular formula is C17H24O9. The van der Waals surface area contributed by atoms with Crippen molar-refractivity contribution in [3.05, 3.63) is 23.8 Å². The zero-order chi connectivity index (χ0) is 19.3. The molecule has 5 N–H and O–H groups in total. The molecule has 1 fully saturated rings. The van der Waals surface area contributed by atoms with Crippen molar-refractivity contribution in [2.24, 2.45) is 0 Å². The molecule has 1 aliphatic rings. The van der Waals surface area contributed by atoms with Crippen LogP contribution in [0.15, 0.2) is 18.2 Å². The molecule has 0 aromatic heterocycles. The lowest BCUT2D eigenvalue weighted by atomic mass is 9.99. The highest BCUT2D eigenvalue weighted by Crippen LogP contribution is 2.40. The van der Waals surface area contributed by atoms with Crippen LogP contribution in [0, 0.1) is 0 Å². The van der Waals surface area contributed by atoms with Gasteiger partial charge >= 0.3 is 0 Å². The van der Waals surface area contributed by atoms with E-state index < -0.39 is 37.3 Å². The number of hydrogen-bond donors (Lipinski definition) is 5. The minimum absolute atomic E-state index is 0.112. The lowest BCUT2D eigenvalue weighted by molar-refractivity contribution is -0.277. The Hall–Kier alpha value is -1.88. The van der Waals surface area contributed by atoms with Gasteiger partial charge in [0.15, 0.2) is 11.5 Å². The Morgan fingerprint density at radius 1 is 1.00 bits per heavy atom. The van der Waals surface area contributed by atoms with Crippen LogP contribution in [0.5, 0.6) is 17.2 Å². The smallest absolute Gasteiger partial charge is 0.229 e. The van der Waals surface area contributed by atoms with E-state index in [1.54, 1.807) is 18.2 Å². The van der Waals surface area contributed by atoms with Crippen molar-refractivity contribution in [2.45, 2.75) is 30.7 Å². The summed E-state index contributed by atoms with van der Waals surface area (Å²) in [5, 5.41) is 48.0. The Balaban J connectivity index is 2.33. The van der Waals surface area contributed by atoms with Crippen LogP contribution in [0.1, 0.15) is 5.56 Å². The van der Waals surface area contributed by atoms with E-state index in [9.17, 15) is 20.4 Å². The quantitative estimate of drug-likeness (QED) is 0.403. The highest BCUT2D eigenvalue weighted by atomic mass is 16.7. The Labute approximate surface area is 150 Å². The predicted octanol–water partition coefficient (Wildman–Crippen LogP) is -1.11. The molecule has 9 heteroatoms. The third kappa shape index (κ3) is 4.26. The second kappa shape index (κ2) is 9.17. The fraction of sp³-hybridized carbons (Fsp3) is 0.529. The van der Waals surface area contributed by atoms with E-state index in [1.165, 1.54) is 20.3 Å². The van der Waals surface area contributed by atoms with Crippen LogP contribution >= 0.6 is 0 Å². The molecule has 0 spiro atoms. The summed E-state index contributed by atoms with van der Waals surface area (Å²) >= 11 is 0. The Morgan fingerprint density at radius 3 is 2.12 bits per heavy atom. The van der Waals surface area contributed by atoms with E-state index in [1.807, 2.05) is 0 Å². The van der Waals surface area contributed by atoms with Gasteiger partial charge < -0.3 is 44.5 Å². The van der Waals surface area contributed by atoms with E-state index in [0.717, 1.165) is 0 Å². The van der Waals surface area contributed by atoms with Crippen molar-refractivity contribution < 1.29 is 44.5 Å². The molecular weight excluding hydrogens is 348 g/mol. The van der Waals surface area contributed by atoms with Crippen LogP contribution < -0.4 is 14.2 Å². The third-order valence-electron chi connectivity index (χ3n) is 3.98. The molecule has 1 aromatic rings. The Morgan fingerprint density at radius 2 is 1.62 bits per heavy atom. The van der Waals surface area contributed by atoms with Crippen LogP contribution in [0.2, 0.25) is 0 Å². The molecule has 0 radical (unpaired) electrons. The van der Waals surface area contributed by atoms with Gasteiger partial charge in [-0.1, -0.05) is 12.2 Å². The molecule has 0 bridgehead atoms. The van der Waals surface area contributed by atoms with Crippen molar-refractivity contribution in [2.75, 3.05) is 27.4 Å². The summed E-state index contributed by atoms with van der Waals surface area (Å²) in [7, 11) is 2.82. The van der Waals surface area contributed by atoms with Gasteiger partial charge in [-0.25, -0.2) is 0 Å². The van der Waals surface area contributed by atoms with Gasteiger partial charge in [-0.15, -0.1) is 0 Å². The van der Waals surface area contributed by atoms with Gasteiger partial charge in [-0.2, -0.15) is 0 Å². The van der Waals surface area contributed by atoms with E-state index >= 15 is 0 Å². The summed E-state index contributed by atoms with van der Waals surface area (Å²) < 4.78 is 21.6. The molecule has 1 heterocycles. The number of methoxy groups -OCH3 is 2. The molecule has 5 atom stereocenters. The first-order valence-corrected chi connectivity index (χ1v) is 7.97. The van der Waals surface area contributed by atoms with Gasteiger partial charge in [0.05, 0.1) is 27.4 Å². The van der Waals surface area contributed by atoms with Crippen molar-refractivity contribution in [3.8, 4) is 17.2 Å². The molecule has 1 aliphatic heterocycles. The minimum atomic E-state index is -1.56. The third-order valence-corrected chi connectivity index (χ3v) is 3.98. The van der Waals surface area contributed by atoms with E-state index in [2.05, 4.69) is 0 Å². The topological polar surface area (TPSA) is 138 Å². The van der Waals surface area contributed by atoms with Gasteiger partial charge in [0.2, 0.25) is 12.0 Å². The summed E-state index contributed by atoms with van der Waals surface area (Å²) in [5.41, 5.74) is 0.675. The summed E-state index contributed by atoms with van der Waals surface area (Å²) in [5.74, 6) is 0.637. The van der Waals surface area contributed by atoms with Gasteiger partial charge in [0, 0.05) is 0 Å².